The van der Waals surface area contributed by atoms with Crippen LogP contribution < -0.4 is 5.32 Å². The van der Waals surface area contributed by atoms with Crippen LogP contribution >= 0.6 is 0 Å². The predicted octanol–water partition coefficient (Wildman–Crippen LogP) is 3.63. The number of hydrogen-bond acceptors (Lipinski definition) is 4. The van der Waals surface area contributed by atoms with E-state index in [4.69, 9.17) is 0 Å². The summed E-state index contributed by atoms with van der Waals surface area (Å²) in [6.45, 7) is 0. The molecule has 3 rings (SSSR count). The van der Waals surface area contributed by atoms with Crippen LogP contribution in [0.5, 0.6) is 0 Å². The minimum Gasteiger partial charge on any atom is -0.334 e. The van der Waals surface area contributed by atoms with Gasteiger partial charge in [-0.3, -0.25) is 4.79 Å². The maximum Gasteiger partial charge on any atom is 0.501 e. The van der Waals surface area contributed by atoms with Gasteiger partial charge in [0.25, 0.3) is 15.7 Å². The third-order valence-electron chi connectivity index (χ3n) is 3.93. The molecule has 0 saturated carbocycles. The van der Waals surface area contributed by atoms with Gasteiger partial charge in [0.05, 0.1) is 4.90 Å². The summed E-state index contributed by atoms with van der Waals surface area (Å²) in [6.07, 6.45) is 3.41. The molecule has 0 aliphatic rings. The number of carbonyl (C=O) groups is 1. The number of anilines is 1. The summed E-state index contributed by atoms with van der Waals surface area (Å²) in [5.74, 6) is 0.103. The fourth-order valence-electron chi connectivity index (χ4n) is 2.50. The summed E-state index contributed by atoms with van der Waals surface area (Å²) in [7, 11) is -3.63. The first-order valence-electron chi connectivity index (χ1n) is 7.90. The van der Waals surface area contributed by atoms with Gasteiger partial charge in [0.15, 0.2) is 0 Å². The molecular formula is C18H14F3N3O3S. The van der Waals surface area contributed by atoms with Crippen LogP contribution in [0.4, 0.5) is 18.9 Å². The molecule has 0 saturated heterocycles. The molecule has 28 heavy (non-hydrogen) atoms. The number of aromatic nitrogens is 2. The summed E-state index contributed by atoms with van der Waals surface area (Å²) in [6, 6.07) is 10.4. The average molecular weight is 409 g/mol. The van der Waals surface area contributed by atoms with E-state index in [0.29, 0.717) is 11.5 Å². The van der Waals surface area contributed by atoms with Crippen molar-refractivity contribution in [3.05, 3.63) is 66.5 Å². The maximum absolute atomic E-state index is 12.6. The second-order valence-electron chi connectivity index (χ2n) is 5.87. The SMILES string of the molecule is Cn1ccnc1-c1cccc(NC(=O)c2ccc(S(=O)(=O)C(F)(F)F)cc2)c1. The Morgan fingerprint density at radius 2 is 1.79 bits per heavy atom. The topological polar surface area (TPSA) is 81.1 Å². The lowest BCUT2D eigenvalue weighted by Gasteiger charge is -2.10. The van der Waals surface area contributed by atoms with Crippen LogP contribution in [-0.2, 0) is 16.9 Å². The highest BCUT2D eigenvalue weighted by Crippen LogP contribution is 2.30. The van der Waals surface area contributed by atoms with Gasteiger partial charge in [-0.05, 0) is 36.4 Å². The number of alkyl halides is 3. The van der Waals surface area contributed by atoms with Crippen molar-refractivity contribution in [3.63, 3.8) is 0 Å². The molecule has 1 N–H and O–H groups in total. The average Bonchev–Trinajstić information content (AvgIpc) is 3.07. The lowest BCUT2D eigenvalue weighted by molar-refractivity contribution is -0.0436. The molecule has 0 aliphatic carbocycles. The zero-order chi connectivity index (χ0) is 20.5. The molecule has 2 aromatic carbocycles. The van der Waals surface area contributed by atoms with Crippen molar-refractivity contribution < 1.29 is 26.4 Å². The second-order valence-corrected chi connectivity index (χ2v) is 7.81. The van der Waals surface area contributed by atoms with Gasteiger partial charge < -0.3 is 9.88 Å². The number of nitrogens with zero attached hydrogens (tertiary/aromatic N) is 2. The standard InChI is InChI=1S/C18H14F3N3O3S/c1-24-10-9-22-16(24)13-3-2-4-14(11-13)23-17(25)12-5-7-15(8-6-12)28(26,27)18(19,20)21/h2-11H,1H3,(H,23,25). The molecule has 0 radical (unpaired) electrons. The number of nitrogens with one attached hydrogen (secondary N) is 1. The van der Waals surface area contributed by atoms with Crippen LogP contribution in [0.2, 0.25) is 0 Å². The zero-order valence-corrected chi connectivity index (χ0v) is 15.3. The summed E-state index contributed by atoms with van der Waals surface area (Å²) < 4.78 is 62.3. The first-order valence-corrected chi connectivity index (χ1v) is 9.38. The Hall–Kier alpha value is -3.14. The van der Waals surface area contributed by atoms with Crippen molar-refractivity contribution in [3.8, 4) is 11.4 Å². The van der Waals surface area contributed by atoms with Crippen LogP contribution in [0.15, 0.2) is 65.8 Å². The molecule has 1 aromatic heterocycles. The number of benzene rings is 2. The van der Waals surface area contributed by atoms with E-state index >= 15 is 0 Å². The van der Waals surface area contributed by atoms with Crippen molar-refractivity contribution >= 4 is 21.4 Å². The summed E-state index contributed by atoms with van der Waals surface area (Å²) in [4.78, 5) is 15.6. The van der Waals surface area contributed by atoms with Crippen molar-refractivity contribution in [1.82, 2.24) is 9.55 Å². The molecule has 0 aliphatic heterocycles. The molecule has 0 fully saturated rings. The molecule has 3 aromatic rings. The van der Waals surface area contributed by atoms with Crippen molar-refractivity contribution in [1.29, 1.82) is 0 Å². The van der Waals surface area contributed by atoms with Crippen molar-refractivity contribution in [2.75, 3.05) is 5.32 Å². The van der Waals surface area contributed by atoms with Gasteiger partial charge in [-0.15, -0.1) is 0 Å². The van der Waals surface area contributed by atoms with Crippen LogP contribution in [0.3, 0.4) is 0 Å². The largest absolute Gasteiger partial charge is 0.501 e. The van der Waals surface area contributed by atoms with E-state index in [2.05, 4.69) is 10.3 Å². The smallest absolute Gasteiger partial charge is 0.334 e. The Balaban J connectivity index is 1.80. The molecule has 0 atom stereocenters. The maximum atomic E-state index is 12.6. The summed E-state index contributed by atoms with van der Waals surface area (Å²) in [5, 5.41) is 2.62. The van der Waals surface area contributed by atoms with E-state index in [1.807, 2.05) is 13.1 Å². The molecule has 10 heteroatoms. The second kappa shape index (κ2) is 7.12. The van der Waals surface area contributed by atoms with E-state index in [9.17, 15) is 26.4 Å². The van der Waals surface area contributed by atoms with E-state index in [1.165, 1.54) is 0 Å². The molecule has 0 unspecified atom stereocenters. The number of aryl methyl sites for hydroxylation is 1. The number of carbonyl (C=O) groups excluding carboxylic acids is 1. The predicted molar refractivity (Wildman–Crippen MR) is 96.3 cm³/mol. The number of sulfone groups is 1. The highest BCUT2D eigenvalue weighted by Gasteiger charge is 2.46. The van der Waals surface area contributed by atoms with Gasteiger partial charge in [0, 0.05) is 36.3 Å². The molecule has 1 heterocycles. The number of rotatable bonds is 4. The molecular weight excluding hydrogens is 395 g/mol. The third kappa shape index (κ3) is 3.77. The van der Waals surface area contributed by atoms with Crippen molar-refractivity contribution in [2.24, 2.45) is 7.05 Å². The Morgan fingerprint density at radius 1 is 1.11 bits per heavy atom. The van der Waals surface area contributed by atoms with Gasteiger partial charge in [0.2, 0.25) is 0 Å². The highest BCUT2D eigenvalue weighted by atomic mass is 32.2. The van der Waals surface area contributed by atoms with E-state index in [0.717, 1.165) is 29.8 Å². The first kappa shape index (κ1) is 19.6. The van der Waals surface area contributed by atoms with Crippen LogP contribution in [0.1, 0.15) is 10.4 Å². The minimum absolute atomic E-state index is 0.0171. The van der Waals surface area contributed by atoms with E-state index in [1.54, 1.807) is 35.2 Å². The van der Waals surface area contributed by atoms with Gasteiger partial charge in [-0.1, -0.05) is 12.1 Å². The summed E-state index contributed by atoms with van der Waals surface area (Å²) >= 11 is 0. The Labute approximate surface area is 158 Å². The molecule has 0 spiro atoms. The van der Waals surface area contributed by atoms with Crippen LogP contribution in [-0.4, -0.2) is 29.4 Å². The van der Waals surface area contributed by atoms with Gasteiger partial charge in [0.1, 0.15) is 5.82 Å². The van der Waals surface area contributed by atoms with Crippen molar-refractivity contribution in [2.45, 2.75) is 10.4 Å². The Morgan fingerprint density at radius 3 is 2.36 bits per heavy atom. The Bertz CT molecular complexity index is 1120. The third-order valence-corrected chi connectivity index (χ3v) is 5.43. The first-order chi connectivity index (χ1) is 13.1. The van der Waals surface area contributed by atoms with Gasteiger partial charge in [-0.2, -0.15) is 13.2 Å². The number of imidazole rings is 1. The number of amides is 1. The summed E-state index contributed by atoms with van der Waals surface area (Å²) in [5.41, 5.74) is -4.17. The monoisotopic (exact) mass is 409 g/mol. The normalized spacial score (nSPS) is 12.0. The molecule has 146 valence electrons. The Kier molecular flexibility index (Phi) is 4.99. The highest BCUT2D eigenvalue weighted by molar-refractivity contribution is 7.92. The fourth-order valence-corrected chi connectivity index (χ4v) is 3.26. The lowest BCUT2D eigenvalue weighted by Crippen LogP contribution is -2.23. The van der Waals surface area contributed by atoms with Gasteiger partial charge in [-0.25, -0.2) is 13.4 Å². The van der Waals surface area contributed by atoms with Crippen LogP contribution in [0, 0.1) is 0 Å². The molecule has 6 nitrogen and oxygen atoms in total. The molecule has 0 bridgehead atoms. The number of hydrogen-bond donors (Lipinski definition) is 1. The quantitative estimate of drug-likeness (QED) is 0.714. The van der Waals surface area contributed by atoms with Crippen LogP contribution in [0.25, 0.3) is 11.4 Å². The minimum atomic E-state index is -5.45. The van der Waals surface area contributed by atoms with E-state index < -0.39 is 26.1 Å². The number of halogens is 3. The fraction of sp³-hybridized carbons (Fsp3) is 0.111. The molecule has 1 amide bonds. The van der Waals surface area contributed by atoms with E-state index in [-0.39, 0.29) is 5.56 Å². The van der Waals surface area contributed by atoms with Gasteiger partial charge >= 0.3 is 5.51 Å². The zero-order valence-electron chi connectivity index (χ0n) is 14.4. The lowest BCUT2D eigenvalue weighted by atomic mass is 10.1.